The molecule has 32 heavy (non-hydrogen) atoms. The maximum atomic E-state index is 13.4. The first-order chi connectivity index (χ1) is 15.2. The summed E-state index contributed by atoms with van der Waals surface area (Å²) in [7, 11) is -3.96. The molecule has 6 nitrogen and oxygen atoms in total. The third-order valence-electron chi connectivity index (χ3n) is 5.05. The van der Waals surface area contributed by atoms with Crippen molar-refractivity contribution in [1.82, 2.24) is 5.43 Å². The Morgan fingerprint density at radius 3 is 2.38 bits per heavy atom. The van der Waals surface area contributed by atoms with Gasteiger partial charge in [-0.1, -0.05) is 42.5 Å². The fraction of sp³-hybridized carbons (Fsp3) is 0.167. The van der Waals surface area contributed by atoms with Crippen molar-refractivity contribution < 1.29 is 13.2 Å². The van der Waals surface area contributed by atoms with Gasteiger partial charge in [-0.25, -0.2) is 13.8 Å². The zero-order valence-electron chi connectivity index (χ0n) is 18.0. The van der Waals surface area contributed by atoms with E-state index in [4.69, 9.17) is 0 Å². The summed E-state index contributed by atoms with van der Waals surface area (Å²) >= 11 is 2.21. The van der Waals surface area contributed by atoms with Crippen molar-refractivity contribution >= 4 is 49.9 Å². The molecule has 0 fully saturated rings. The molecule has 0 aliphatic rings. The molecule has 0 radical (unpaired) electrons. The smallest absolute Gasteiger partial charge is 0.264 e. The number of benzene rings is 3. The van der Waals surface area contributed by atoms with Gasteiger partial charge < -0.3 is 0 Å². The van der Waals surface area contributed by atoms with Crippen molar-refractivity contribution in [3.05, 3.63) is 93.1 Å². The highest BCUT2D eigenvalue weighted by Gasteiger charge is 2.28. The molecule has 1 N–H and O–H groups in total. The second-order valence-electron chi connectivity index (χ2n) is 7.29. The van der Waals surface area contributed by atoms with Crippen molar-refractivity contribution in [3.63, 3.8) is 0 Å². The van der Waals surface area contributed by atoms with Gasteiger partial charge >= 0.3 is 0 Å². The third-order valence-corrected chi connectivity index (χ3v) is 7.50. The van der Waals surface area contributed by atoms with Gasteiger partial charge in [-0.2, -0.15) is 5.10 Å². The normalized spacial score (nSPS) is 11.8. The van der Waals surface area contributed by atoms with Crippen molar-refractivity contribution in [2.75, 3.05) is 10.8 Å². The summed E-state index contributed by atoms with van der Waals surface area (Å²) in [5.74, 6) is -0.532. The molecule has 0 unspecified atom stereocenters. The fourth-order valence-electron chi connectivity index (χ4n) is 3.12. The summed E-state index contributed by atoms with van der Waals surface area (Å²) in [5.41, 5.74) is 6.18. The van der Waals surface area contributed by atoms with Crippen molar-refractivity contribution in [1.29, 1.82) is 0 Å². The standard InChI is InChI=1S/C24H24IN3O3S/c1-17-9-7-14-23(18(17)2)28(32(30,31)22-12-5-4-6-13-22)16-24(29)27-26-19(3)20-10-8-11-21(25)15-20/h4-15H,16H2,1-3H3,(H,27,29). The van der Waals surface area contributed by atoms with Crippen LogP contribution in [-0.2, 0) is 14.8 Å². The number of anilines is 1. The fourth-order valence-corrected chi connectivity index (χ4v) is 5.16. The Kier molecular flexibility index (Phi) is 7.68. The minimum absolute atomic E-state index is 0.118. The van der Waals surface area contributed by atoms with Crippen LogP contribution < -0.4 is 9.73 Å². The van der Waals surface area contributed by atoms with E-state index < -0.39 is 22.5 Å². The van der Waals surface area contributed by atoms with E-state index >= 15 is 0 Å². The summed E-state index contributed by atoms with van der Waals surface area (Å²) in [5, 5.41) is 4.17. The van der Waals surface area contributed by atoms with Crippen LogP contribution in [-0.4, -0.2) is 26.6 Å². The van der Waals surface area contributed by atoms with Crippen molar-refractivity contribution in [2.24, 2.45) is 5.10 Å². The zero-order valence-corrected chi connectivity index (χ0v) is 21.0. The van der Waals surface area contributed by atoms with Crippen LogP contribution in [0.2, 0.25) is 0 Å². The van der Waals surface area contributed by atoms with E-state index in [0.29, 0.717) is 11.4 Å². The molecule has 0 saturated heterocycles. The number of aryl methyl sites for hydroxylation is 1. The van der Waals surface area contributed by atoms with Crippen molar-refractivity contribution in [3.8, 4) is 0 Å². The largest absolute Gasteiger partial charge is 0.271 e. The van der Waals surface area contributed by atoms with Gasteiger partial charge in [0, 0.05) is 3.57 Å². The molecule has 166 valence electrons. The minimum Gasteiger partial charge on any atom is -0.271 e. The molecule has 0 aliphatic heterocycles. The molecular formula is C24H24IN3O3S. The van der Waals surface area contributed by atoms with E-state index in [-0.39, 0.29) is 4.90 Å². The summed E-state index contributed by atoms with van der Waals surface area (Å²) in [6.45, 7) is 5.13. The van der Waals surface area contributed by atoms with E-state index in [1.807, 2.05) is 44.2 Å². The number of nitrogens with zero attached hydrogens (tertiary/aromatic N) is 2. The maximum absolute atomic E-state index is 13.4. The molecule has 0 aliphatic carbocycles. The highest BCUT2D eigenvalue weighted by Crippen LogP contribution is 2.28. The molecule has 3 aromatic carbocycles. The van der Waals surface area contributed by atoms with Gasteiger partial charge in [0.2, 0.25) is 0 Å². The van der Waals surface area contributed by atoms with Crippen LogP contribution in [0.25, 0.3) is 0 Å². The number of carbonyl (C=O) groups is 1. The van der Waals surface area contributed by atoms with Gasteiger partial charge in [-0.05, 0) is 90.4 Å². The zero-order chi connectivity index (χ0) is 23.3. The van der Waals surface area contributed by atoms with Gasteiger partial charge in [0.15, 0.2) is 0 Å². The van der Waals surface area contributed by atoms with E-state index in [0.717, 1.165) is 24.6 Å². The molecule has 0 bridgehead atoms. The van der Waals surface area contributed by atoms with Gasteiger partial charge in [-0.3, -0.25) is 9.10 Å². The molecule has 3 rings (SSSR count). The number of halogens is 1. The highest BCUT2D eigenvalue weighted by molar-refractivity contribution is 14.1. The monoisotopic (exact) mass is 561 g/mol. The first kappa shape index (κ1) is 23.9. The predicted molar refractivity (Wildman–Crippen MR) is 136 cm³/mol. The molecule has 0 atom stereocenters. The Morgan fingerprint density at radius 2 is 1.69 bits per heavy atom. The number of rotatable bonds is 7. The van der Waals surface area contributed by atoms with Crippen LogP contribution in [0.3, 0.4) is 0 Å². The average molecular weight is 561 g/mol. The summed E-state index contributed by atoms with van der Waals surface area (Å²) < 4.78 is 29.1. The SMILES string of the molecule is CC(=NNC(=O)CN(c1cccc(C)c1C)S(=O)(=O)c1ccccc1)c1cccc(I)c1. The lowest BCUT2D eigenvalue weighted by Crippen LogP contribution is -2.40. The van der Waals surface area contributed by atoms with Crippen LogP contribution in [0, 0.1) is 17.4 Å². The van der Waals surface area contributed by atoms with Crippen LogP contribution in [0.4, 0.5) is 5.69 Å². The lowest BCUT2D eigenvalue weighted by Gasteiger charge is -2.26. The first-order valence-corrected chi connectivity index (χ1v) is 12.4. The van der Waals surface area contributed by atoms with Crippen LogP contribution in [0.15, 0.2) is 82.8 Å². The third kappa shape index (κ3) is 5.55. The Morgan fingerprint density at radius 1 is 1.00 bits per heavy atom. The molecule has 0 aromatic heterocycles. The number of sulfonamides is 1. The number of amides is 1. The summed E-state index contributed by atoms with van der Waals surface area (Å²) in [6.07, 6.45) is 0. The molecule has 0 heterocycles. The second kappa shape index (κ2) is 10.3. The van der Waals surface area contributed by atoms with Gasteiger partial charge in [0.05, 0.1) is 16.3 Å². The topological polar surface area (TPSA) is 78.8 Å². The first-order valence-electron chi connectivity index (χ1n) is 9.93. The Hall–Kier alpha value is -2.72. The lowest BCUT2D eigenvalue weighted by molar-refractivity contribution is -0.119. The quantitative estimate of drug-likeness (QED) is 0.259. The summed E-state index contributed by atoms with van der Waals surface area (Å²) in [6, 6.07) is 21.2. The predicted octanol–water partition coefficient (Wildman–Crippen LogP) is 4.64. The molecular weight excluding hydrogens is 537 g/mol. The van der Waals surface area contributed by atoms with Gasteiger partial charge in [0.25, 0.3) is 15.9 Å². The van der Waals surface area contributed by atoms with Crippen LogP contribution >= 0.6 is 22.6 Å². The number of nitrogens with one attached hydrogen (secondary N) is 1. The Bertz CT molecular complexity index is 1260. The maximum Gasteiger partial charge on any atom is 0.264 e. The number of hydrogen-bond donors (Lipinski definition) is 1. The number of carbonyl (C=O) groups excluding carboxylic acids is 1. The van der Waals surface area contributed by atoms with E-state index in [1.54, 1.807) is 37.3 Å². The molecule has 0 saturated carbocycles. The average Bonchev–Trinajstić information content (AvgIpc) is 2.78. The molecule has 8 heteroatoms. The highest BCUT2D eigenvalue weighted by atomic mass is 127. The Balaban J connectivity index is 1.91. The molecule has 1 amide bonds. The van der Waals surface area contributed by atoms with Crippen LogP contribution in [0.5, 0.6) is 0 Å². The number of hydrogen-bond acceptors (Lipinski definition) is 4. The van der Waals surface area contributed by atoms with Crippen molar-refractivity contribution in [2.45, 2.75) is 25.7 Å². The van der Waals surface area contributed by atoms with Gasteiger partial charge in [0.1, 0.15) is 6.54 Å². The minimum atomic E-state index is -3.96. The van der Waals surface area contributed by atoms with E-state index in [2.05, 4.69) is 33.1 Å². The number of hydrazone groups is 1. The Labute approximate surface area is 202 Å². The van der Waals surface area contributed by atoms with E-state index in [1.165, 1.54) is 12.1 Å². The second-order valence-corrected chi connectivity index (χ2v) is 10.4. The molecule has 3 aromatic rings. The van der Waals surface area contributed by atoms with Gasteiger partial charge in [-0.15, -0.1) is 0 Å². The lowest BCUT2D eigenvalue weighted by atomic mass is 10.1. The molecule has 0 spiro atoms. The van der Waals surface area contributed by atoms with E-state index in [9.17, 15) is 13.2 Å². The van der Waals surface area contributed by atoms with Crippen LogP contribution in [0.1, 0.15) is 23.6 Å². The summed E-state index contributed by atoms with van der Waals surface area (Å²) in [4.78, 5) is 12.9.